The van der Waals surface area contributed by atoms with Crippen molar-refractivity contribution in [1.82, 2.24) is 0 Å². The van der Waals surface area contributed by atoms with Gasteiger partial charge in [0, 0.05) is 0 Å². The van der Waals surface area contributed by atoms with Gasteiger partial charge in [-0.05, 0) is 49.4 Å². The molecule has 2 aliphatic rings. The summed E-state index contributed by atoms with van der Waals surface area (Å²) in [4.78, 5) is 0. The third kappa shape index (κ3) is 5.41. The number of hydrogen-bond acceptors (Lipinski definition) is 1. The van der Waals surface area contributed by atoms with E-state index in [2.05, 4.69) is 13.5 Å². The lowest BCUT2D eigenvalue weighted by atomic mass is 9.64. The van der Waals surface area contributed by atoms with Crippen LogP contribution in [0, 0.1) is 17.3 Å². The molecule has 1 nitrogen and oxygen atoms in total. The molecule has 0 heterocycles. The smallest absolute Gasteiger partial charge is 0.0645 e. The van der Waals surface area contributed by atoms with Crippen molar-refractivity contribution >= 4 is 0 Å². The Morgan fingerprint density at radius 1 is 1.00 bits per heavy atom. The van der Waals surface area contributed by atoms with Gasteiger partial charge in [0.2, 0.25) is 0 Å². The quantitative estimate of drug-likeness (QED) is 0.348. The first kappa shape index (κ1) is 18.0. The van der Waals surface area contributed by atoms with Crippen molar-refractivity contribution in [1.29, 1.82) is 0 Å². The first-order valence-electron chi connectivity index (χ1n) is 9.98. The molecular formula is C21H38O. The fraction of sp³-hybridized carbons (Fsp3) is 0.905. The lowest BCUT2D eigenvalue weighted by molar-refractivity contribution is 0.00347. The number of ether oxygens (including phenoxy) is 1. The predicted molar refractivity (Wildman–Crippen MR) is 96.1 cm³/mol. The normalized spacial score (nSPS) is 30.3. The van der Waals surface area contributed by atoms with Crippen LogP contribution in [-0.2, 0) is 4.74 Å². The summed E-state index contributed by atoms with van der Waals surface area (Å²) in [5, 5.41) is 0. The summed E-state index contributed by atoms with van der Waals surface area (Å²) in [7, 11) is 0. The average Bonchev–Trinajstić information content (AvgIpc) is 2.57. The first-order chi connectivity index (χ1) is 10.8. The van der Waals surface area contributed by atoms with E-state index in [0.717, 1.165) is 25.0 Å². The lowest BCUT2D eigenvalue weighted by Crippen LogP contribution is -2.34. The second-order valence-electron chi connectivity index (χ2n) is 8.00. The summed E-state index contributed by atoms with van der Waals surface area (Å²) in [6.07, 6.45) is 20.6. The van der Waals surface area contributed by atoms with Gasteiger partial charge in [0.1, 0.15) is 0 Å². The maximum Gasteiger partial charge on any atom is 0.0645 e. The van der Waals surface area contributed by atoms with Crippen molar-refractivity contribution in [2.75, 3.05) is 13.2 Å². The molecule has 0 aromatic rings. The zero-order valence-corrected chi connectivity index (χ0v) is 15.0. The Morgan fingerprint density at radius 3 is 2.32 bits per heavy atom. The Kier molecular flexibility index (Phi) is 8.00. The van der Waals surface area contributed by atoms with Gasteiger partial charge in [0.15, 0.2) is 0 Å². The summed E-state index contributed by atoms with van der Waals surface area (Å²) in [6, 6.07) is 0. The molecule has 0 radical (unpaired) electrons. The van der Waals surface area contributed by atoms with Crippen LogP contribution in [0.3, 0.4) is 0 Å². The zero-order chi connectivity index (χ0) is 15.7. The summed E-state index contributed by atoms with van der Waals surface area (Å²) >= 11 is 0. The van der Waals surface area contributed by atoms with Gasteiger partial charge in [-0.25, -0.2) is 0 Å². The van der Waals surface area contributed by atoms with Crippen molar-refractivity contribution in [2.45, 2.75) is 90.4 Å². The highest BCUT2D eigenvalue weighted by Gasteiger charge is 2.37. The first-order valence-corrected chi connectivity index (χ1v) is 9.98. The highest BCUT2D eigenvalue weighted by atomic mass is 16.5. The van der Waals surface area contributed by atoms with Crippen LogP contribution >= 0.6 is 0 Å². The van der Waals surface area contributed by atoms with Crippen molar-refractivity contribution in [3.63, 3.8) is 0 Å². The molecule has 2 saturated carbocycles. The molecule has 0 amide bonds. The lowest BCUT2D eigenvalue weighted by Gasteiger charge is -2.43. The van der Waals surface area contributed by atoms with Crippen LogP contribution in [0.1, 0.15) is 90.4 Å². The van der Waals surface area contributed by atoms with Crippen LogP contribution in [0.15, 0.2) is 12.7 Å². The van der Waals surface area contributed by atoms with Gasteiger partial charge in [-0.1, -0.05) is 64.4 Å². The Morgan fingerprint density at radius 2 is 1.68 bits per heavy atom. The van der Waals surface area contributed by atoms with E-state index in [1.165, 1.54) is 83.5 Å². The van der Waals surface area contributed by atoms with E-state index < -0.39 is 0 Å². The molecule has 0 unspecified atom stereocenters. The molecule has 0 atom stereocenters. The van der Waals surface area contributed by atoms with Crippen LogP contribution in [0.2, 0.25) is 0 Å². The Hall–Kier alpha value is -0.300. The minimum atomic E-state index is 0.489. The van der Waals surface area contributed by atoms with Gasteiger partial charge in [0.05, 0.1) is 13.2 Å². The fourth-order valence-electron chi connectivity index (χ4n) is 4.90. The molecule has 22 heavy (non-hydrogen) atoms. The molecule has 0 N–H and O–H groups in total. The van der Waals surface area contributed by atoms with Crippen LogP contribution < -0.4 is 0 Å². The summed E-state index contributed by atoms with van der Waals surface area (Å²) in [5.41, 5.74) is 0.489. The van der Waals surface area contributed by atoms with E-state index in [1.807, 2.05) is 6.08 Å². The zero-order valence-electron chi connectivity index (χ0n) is 15.0. The SMILES string of the molecule is C=CCOC[C@]1(CCCCC)CC[C@H](C2CCCCC2)CC1. The fourth-order valence-corrected chi connectivity index (χ4v) is 4.90. The minimum Gasteiger partial charge on any atom is -0.377 e. The minimum absolute atomic E-state index is 0.489. The third-order valence-electron chi connectivity index (χ3n) is 6.36. The molecule has 2 fully saturated rings. The third-order valence-corrected chi connectivity index (χ3v) is 6.36. The van der Waals surface area contributed by atoms with Crippen LogP contribution in [-0.4, -0.2) is 13.2 Å². The van der Waals surface area contributed by atoms with Crippen molar-refractivity contribution in [2.24, 2.45) is 17.3 Å². The van der Waals surface area contributed by atoms with Gasteiger partial charge in [0.25, 0.3) is 0 Å². The highest BCUT2D eigenvalue weighted by molar-refractivity contribution is 4.88. The molecule has 0 aromatic carbocycles. The topological polar surface area (TPSA) is 9.23 Å². The van der Waals surface area contributed by atoms with Crippen LogP contribution in [0.5, 0.6) is 0 Å². The summed E-state index contributed by atoms with van der Waals surface area (Å²) < 4.78 is 5.92. The molecule has 1 heteroatoms. The second-order valence-corrected chi connectivity index (χ2v) is 8.00. The summed E-state index contributed by atoms with van der Waals surface area (Å²) in [6.45, 7) is 7.79. The molecule has 2 aliphatic carbocycles. The van der Waals surface area contributed by atoms with Gasteiger partial charge in [-0.2, -0.15) is 0 Å². The molecular weight excluding hydrogens is 268 g/mol. The number of unbranched alkanes of at least 4 members (excludes halogenated alkanes) is 2. The highest BCUT2D eigenvalue weighted by Crippen LogP contribution is 2.47. The standard InChI is InChI=1S/C21H38O/c1-3-5-9-14-21(18-22-17-4-2)15-12-20(13-16-21)19-10-7-6-8-11-19/h4,19-20H,2-3,5-18H2,1H3/t20-,21+. The van der Waals surface area contributed by atoms with Crippen LogP contribution in [0.4, 0.5) is 0 Å². The van der Waals surface area contributed by atoms with E-state index >= 15 is 0 Å². The molecule has 0 spiro atoms. The maximum absolute atomic E-state index is 5.92. The van der Waals surface area contributed by atoms with Crippen molar-refractivity contribution in [3.8, 4) is 0 Å². The molecule has 0 bridgehead atoms. The number of rotatable bonds is 9. The average molecular weight is 307 g/mol. The Labute approximate surface area is 138 Å². The molecule has 0 aromatic heterocycles. The Balaban J connectivity index is 1.83. The van der Waals surface area contributed by atoms with Crippen molar-refractivity contribution in [3.05, 3.63) is 12.7 Å². The van der Waals surface area contributed by atoms with E-state index in [-0.39, 0.29) is 0 Å². The monoisotopic (exact) mass is 306 g/mol. The van der Waals surface area contributed by atoms with Gasteiger partial charge < -0.3 is 4.74 Å². The molecule has 128 valence electrons. The largest absolute Gasteiger partial charge is 0.377 e. The van der Waals surface area contributed by atoms with E-state index in [9.17, 15) is 0 Å². The van der Waals surface area contributed by atoms with E-state index in [1.54, 1.807) is 0 Å². The maximum atomic E-state index is 5.92. The number of hydrogen-bond donors (Lipinski definition) is 0. The molecule has 2 rings (SSSR count). The predicted octanol–water partition coefficient (Wildman–Crippen LogP) is 6.53. The Bertz CT molecular complexity index is 295. The van der Waals surface area contributed by atoms with Gasteiger partial charge >= 0.3 is 0 Å². The molecule has 0 saturated heterocycles. The van der Waals surface area contributed by atoms with Gasteiger partial charge in [-0.15, -0.1) is 6.58 Å². The van der Waals surface area contributed by atoms with E-state index in [4.69, 9.17) is 4.74 Å². The second kappa shape index (κ2) is 9.75. The van der Waals surface area contributed by atoms with E-state index in [0.29, 0.717) is 5.41 Å². The van der Waals surface area contributed by atoms with Crippen molar-refractivity contribution < 1.29 is 4.74 Å². The van der Waals surface area contributed by atoms with Gasteiger partial charge in [-0.3, -0.25) is 0 Å². The summed E-state index contributed by atoms with van der Waals surface area (Å²) in [5.74, 6) is 2.08. The van der Waals surface area contributed by atoms with Crippen LogP contribution in [0.25, 0.3) is 0 Å². The molecule has 0 aliphatic heterocycles.